The summed E-state index contributed by atoms with van der Waals surface area (Å²) >= 11 is 23.4. The maximum atomic E-state index is 4.61. The molecule has 17 heavy (non-hydrogen) atoms. The van der Waals surface area contributed by atoms with Gasteiger partial charge in [-0.05, 0) is 5.75 Å². The van der Waals surface area contributed by atoms with E-state index in [0.717, 1.165) is 23.0 Å². The van der Waals surface area contributed by atoms with Crippen LogP contribution in [0.15, 0.2) is 0 Å². The second-order valence-electron chi connectivity index (χ2n) is 3.54. The largest absolute Gasteiger partial charge is 0.179 e. The molecule has 0 bridgehead atoms. The molecular weight excluding hydrogens is 345 g/mol. The third-order valence-electron chi connectivity index (χ3n) is 1.94. The summed E-state index contributed by atoms with van der Waals surface area (Å²) in [5, 5.41) is 0. The van der Waals surface area contributed by atoms with Crippen LogP contribution in [0.25, 0.3) is 0 Å². The van der Waals surface area contributed by atoms with Crippen LogP contribution in [0.3, 0.4) is 0 Å². The summed E-state index contributed by atoms with van der Waals surface area (Å²) in [7, 11) is 0. The van der Waals surface area contributed by atoms with Gasteiger partial charge in [0.05, 0.1) is 0 Å². The van der Waals surface area contributed by atoms with Gasteiger partial charge in [-0.25, -0.2) is 0 Å². The Morgan fingerprint density at radius 1 is 0.706 bits per heavy atom. The second kappa shape index (κ2) is 13.4. The molecule has 0 N–H and O–H groups in total. The van der Waals surface area contributed by atoms with Gasteiger partial charge in [0, 0.05) is 50.8 Å². The smallest absolute Gasteiger partial charge is 0.0395 e. The van der Waals surface area contributed by atoms with E-state index in [1.54, 1.807) is 0 Å². The average molecular weight is 367 g/mol. The highest BCUT2D eigenvalue weighted by atomic mass is 32.2. The van der Waals surface area contributed by atoms with Gasteiger partial charge in [-0.15, -0.1) is 0 Å². The predicted octanol–water partition coefficient (Wildman–Crippen LogP) is 3.64. The van der Waals surface area contributed by atoms with Crippen LogP contribution in [-0.4, -0.2) is 56.5 Å². The quantitative estimate of drug-likeness (QED) is 0.308. The van der Waals surface area contributed by atoms with Gasteiger partial charge in [0.15, 0.2) is 0 Å². The summed E-state index contributed by atoms with van der Waals surface area (Å²) in [5.74, 6) is 9.72. The average Bonchev–Trinajstić information content (AvgIpc) is 2.36. The number of thioether (sulfide) groups is 3. The van der Waals surface area contributed by atoms with Gasteiger partial charge in [-0.3, -0.25) is 0 Å². The first kappa shape index (κ1) is 19.4. The van der Waals surface area contributed by atoms with Gasteiger partial charge >= 0.3 is 0 Å². The van der Waals surface area contributed by atoms with Crippen LogP contribution in [-0.2, 0) is 0 Å². The van der Waals surface area contributed by atoms with Crippen LogP contribution in [0.4, 0.5) is 0 Å². The zero-order chi connectivity index (χ0) is 13.0. The Balaban J connectivity index is 3.23. The van der Waals surface area contributed by atoms with E-state index < -0.39 is 0 Å². The van der Waals surface area contributed by atoms with E-state index in [4.69, 9.17) is 0 Å². The lowest BCUT2D eigenvalue weighted by Gasteiger charge is -2.23. The van der Waals surface area contributed by atoms with E-state index in [9.17, 15) is 0 Å². The van der Waals surface area contributed by atoms with Crippen LogP contribution in [0.1, 0.15) is 0 Å². The van der Waals surface area contributed by atoms with Crippen molar-refractivity contribution in [2.24, 2.45) is 0 Å². The van der Waals surface area contributed by atoms with Crippen LogP contribution in [0, 0.1) is 0 Å². The van der Waals surface area contributed by atoms with Crippen molar-refractivity contribution in [2.45, 2.75) is 4.75 Å². The van der Waals surface area contributed by atoms with Crippen molar-refractivity contribution in [1.82, 2.24) is 0 Å². The van der Waals surface area contributed by atoms with Gasteiger partial charge in [0.2, 0.25) is 0 Å². The van der Waals surface area contributed by atoms with Gasteiger partial charge in [0.25, 0.3) is 0 Å². The van der Waals surface area contributed by atoms with E-state index in [1.807, 2.05) is 35.3 Å². The van der Waals surface area contributed by atoms with Crippen LogP contribution >= 0.6 is 85.8 Å². The molecule has 0 aromatic heterocycles. The first-order valence-corrected chi connectivity index (χ1v) is 11.3. The molecule has 0 saturated heterocycles. The summed E-state index contributed by atoms with van der Waals surface area (Å²) in [6.45, 7) is 0. The van der Waals surface area contributed by atoms with Gasteiger partial charge in [0.1, 0.15) is 0 Å². The fourth-order valence-corrected chi connectivity index (χ4v) is 5.65. The molecule has 0 heterocycles. The third-order valence-corrected chi connectivity index (χ3v) is 8.60. The lowest BCUT2D eigenvalue weighted by atomic mass is 10.2. The molecule has 0 aromatic carbocycles. The van der Waals surface area contributed by atoms with E-state index >= 15 is 0 Å². The maximum Gasteiger partial charge on any atom is 0.0395 e. The lowest BCUT2D eigenvalue weighted by Crippen LogP contribution is -2.29. The molecule has 0 aliphatic carbocycles. The minimum absolute atomic E-state index is 0.00994. The molecule has 0 aliphatic heterocycles. The Kier molecular flexibility index (Phi) is 15.4. The molecule has 0 saturated carbocycles. The number of rotatable bonds is 12. The van der Waals surface area contributed by atoms with E-state index in [2.05, 4.69) is 50.5 Å². The van der Waals surface area contributed by atoms with Crippen molar-refractivity contribution in [3.63, 3.8) is 0 Å². The Labute approximate surface area is 141 Å². The highest BCUT2D eigenvalue weighted by Crippen LogP contribution is 2.24. The lowest BCUT2D eigenvalue weighted by molar-refractivity contribution is 0.859. The second-order valence-corrected chi connectivity index (χ2v) is 9.12. The van der Waals surface area contributed by atoms with Crippen molar-refractivity contribution >= 4 is 85.8 Å². The van der Waals surface area contributed by atoms with E-state index in [0.29, 0.717) is 0 Å². The standard InChI is InChI=1S/C10H22S7/c11-1-2-15-3-4-16-5-6-17-9-10(14,7-12)8-13/h11-14H,1-9H2. The Morgan fingerprint density at radius 2 is 1.18 bits per heavy atom. The van der Waals surface area contributed by atoms with Crippen molar-refractivity contribution in [3.05, 3.63) is 0 Å². The highest BCUT2D eigenvalue weighted by Gasteiger charge is 2.21. The van der Waals surface area contributed by atoms with Gasteiger partial charge < -0.3 is 0 Å². The normalized spacial score (nSPS) is 12.0. The number of thiol groups is 4. The summed E-state index contributed by atoms with van der Waals surface area (Å²) in [5.41, 5.74) is 0. The third kappa shape index (κ3) is 11.9. The van der Waals surface area contributed by atoms with E-state index in [-0.39, 0.29) is 4.75 Å². The molecular formula is C10H22S7. The molecule has 0 fully saturated rings. The summed E-state index contributed by atoms with van der Waals surface area (Å²) in [4.78, 5) is 0. The fourth-order valence-electron chi connectivity index (χ4n) is 0.908. The minimum Gasteiger partial charge on any atom is -0.179 e. The molecule has 0 rings (SSSR count). The highest BCUT2D eigenvalue weighted by molar-refractivity contribution is 8.05. The number of hydrogen-bond acceptors (Lipinski definition) is 7. The molecule has 0 amide bonds. The molecule has 104 valence electrons. The zero-order valence-electron chi connectivity index (χ0n) is 9.88. The van der Waals surface area contributed by atoms with Gasteiger partial charge in [-0.1, -0.05) is 0 Å². The monoisotopic (exact) mass is 366 g/mol. The first-order chi connectivity index (χ1) is 8.18. The molecule has 0 aromatic rings. The number of hydrogen-bond donors (Lipinski definition) is 4. The van der Waals surface area contributed by atoms with Crippen molar-refractivity contribution in [3.8, 4) is 0 Å². The summed E-state index contributed by atoms with van der Waals surface area (Å²) < 4.78 is -0.00994. The minimum atomic E-state index is -0.00994. The Bertz CT molecular complexity index is 161. The molecule has 0 radical (unpaired) electrons. The molecule has 0 aliphatic rings. The fraction of sp³-hybridized carbons (Fsp3) is 1.00. The van der Waals surface area contributed by atoms with Crippen molar-refractivity contribution < 1.29 is 0 Å². The van der Waals surface area contributed by atoms with Crippen LogP contribution < -0.4 is 0 Å². The first-order valence-electron chi connectivity index (χ1n) is 5.47. The maximum absolute atomic E-state index is 4.61. The topological polar surface area (TPSA) is 0 Å². The predicted molar refractivity (Wildman–Crippen MR) is 105 cm³/mol. The molecule has 0 unspecified atom stereocenters. The summed E-state index contributed by atoms with van der Waals surface area (Å²) in [6.07, 6.45) is 0. The molecule has 0 spiro atoms. The SMILES string of the molecule is SCCSCCSCCSCC(S)(CS)CS. The van der Waals surface area contributed by atoms with Crippen LogP contribution in [0.5, 0.6) is 0 Å². The van der Waals surface area contributed by atoms with Gasteiger partial charge in [-0.2, -0.15) is 85.8 Å². The zero-order valence-corrected chi connectivity index (χ0v) is 15.9. The van der Waals surface area contributed by atoms with Crippen LogP contribution in [0.2, 0.25) is 0 Å². The summed E-state index contributed by atoms with van der Waals surface area (Å²) in [6, 6.07) is 0. The Hall–Kier alpha value is 2.45. The van der Waals surface area contributed by atoms with Crippen molar-refractivity contribution in [2.75, 3.05) is 51.8 Å². The molecule has 0 atom stereocenters. The Morgan fingerprint density at radius 3 is 1.65 bits per heavy atom. The van der Waals surface area contributed by atoms with E-state index in [1.165, 1.54) is 28.8 Å². The molecule has 7 heteroatoms. The van der Waals surface area contributed by atoms with Crippen molar-refractivity contribution in [1.29, 1.82) is 0 Å². The molecule has 0 nitrogen and oxygen atoms in total.